The summed E-state index contributed by atoms with van der Waals surface area (Å²) in [5.74, 6) is 0.780. The van der Waals surface area contributed by atoms with Crippen LogP contribution in [-0.4, -0.2) is 25.5 Å². The lowest BCUT2D eigenvalue weighted by atomic mass is 10.00. The minimum absolute atomic E-state index is 0.0386. The summed E-state index contributed by atoms with van der Waals surface area (Å²) in [7, 11) is 0. The minimum atomic E-state index is -0.412. The lowest BCUT2D eigenvalue weighted by Gasteiger charge is -2.28. The van der Waals surface area contributed by atoms with Gasteiger partial charge in [-0.1, -0.05) is 49.9 Å². The number of amides is 1. The van der Waals surface area contributed by atoms with Crippen LogP contribution in [0, 0.1) is 0 Å². The predicted molar refractivity (Wildman–Crippen MR) is 134 cm³/mol. The van der Waals surface area contributed by atoms with Crippen LogP contribution in [0.4, 0.5) is 5.69 Å². The van der Waals surface area contributed by atoms with Gasteiger partial charge in [0.05, 0.1) is 10.6 Å². The number of carbonyl (C=O) groups is 1. The minimum Gasteiger partial charge on any atom is -0.325 e. The Morgan fingerprint density at radius 2 is 2.13 bits per heavy atom. The van der Waals surface area contributed by atoms with Gasteiger partial charge in [-0.05, 0) is 31.0 Å². The molecule has 3 heterocycles. The normalized spacial score (nSPS) is 16.0. The largest absolute Gasteiger partial charge is 0.325 e. The summed E-state index contributed by atoms with van der Waals surface area (Å²) < 4.78 is 1.75. The van der Waals surface area contributed by atoms with Crippen LogP contribution in [0.25, 0.3) is 10.2 Å². The van der Waals surface area contributed by atoms with Gasteiger partial charge in [-0.2, -0.15) is 0 Å². The van der Waals surface area contributed by atoms with Gasteiger partial charge in [-0.25, -0.2) is 4.98 Å². The van der Waals surface area contributed by atoms with Gasteiger partial charge in [0.15, 0.2) is 5.16 Å². The zero-order valence-electron chi connectivity index (χ0n) is 17.8. The highest BCUT2D eigenvalue weighted by molar-refractivity contribution is 8.00. The number of benzene rings is 1. The van der Waals surface area contributed by atoms with Crippen molar-refractivity contribution in [2.45, 2.75) is 54.6 Å². The molecule has 3 aromatic rings. The summed E-state index contributed by atoms with van der Waals surface area (Å²) in [6.07, 6.45) is 2.56. The van der Waals surface area contributed by atoms with Gasteiger partial charge in [-0.3, -0.25) is 14.2 Å². The number of para-hydroxylation sites is 1. The molecule has 0 spiro atoms. The number of allylic oxidation sites excluding steroid dienone is 1. The molecule has 0 saturated heterocycles. The second kappa shape index (κ2) is 8.84. The topological polar surface area (TPSA) is 64.0 Å². The van der Waals surface area contributed by atoms with E-state index in [1.807, 2.05) is 49.0 Å². The molecule has 0 fully saturated rings. The molecule has 8 heteroatoms. The number of anilines is 1. The molecule has 1 amide bonds. The van der Waals surface area contributed by atoms with Crippen molar-refractivity contribution in [3.63, 3.8) is 0 Å². The van der Waals surface area contributed by atoms with Crippen LogP contribution in [0.15, 0.2) is 52.9 Å². The third-order valence-corrected chi connectivity index (χ3v) is 8.92. The molecule has 5 nitrogen and oxygen atoms in total. The van der Waals surface area contributed by atoms with Crippen molar-refractivity contribution in [2.75, 3.05) is 5.32 Å². The quantitative estimate of drug-likeness (QED) is 0.299. The molecule has 0 saturated carbocycles. The lowest BCUT2D eigenvalue weighted by molar-refractivity contribution is -0.115. The molecule has 31 heavy (non-hydrogen) atoms. The molecule has 1 N–H and O–H groups in total. The summed E-state index contributed by atoms with van der Waals surface area (Å²) in [5.41, 5.74) is 1.85. The highest BCUT2D eigenvalue weighted by Crippen LogP contribution is 2.44. The maximum atomic E-state index is 13.5. The molecule has 1 aliphatic heterocycles. The second-order valence-electron chi connectivity index (χ2n) is 8.12. The number of carbonyl (C=O) groups excluding carboxylic acids is 1. The van der Waals surface area contributed by atoms with E-state index in [0.717, 1.165) is 33.6 Å². The first-order valence-electron chi connectivity index (χ1n) is 10.1. The monoisotopic (exact) mass is 471 g/mol. The lowest BCUT2D eigenvalue weighted by Crippen LogP contribution is -2.28. The van der Waals surface area contributed by atoms with E-state index in [9.17, 15) is 9.59 Å². The molecule has 1 aromatic carbocycles. The highest BCUT2D eigenvalue weighted by atomic mass is 32.2. The number of hydrogen-bond donors (Lipinski definition) is 1. The van der Waals surface area contributed by atoms with Crippen molar-refractivity contribution < 1.29 is 4.79 Å². The van der Waals surface area contributed by atoms with Crippen molar-refractivity contribution in [1.82, 2.24) is 9.55 Å². The molecule has 0 bridgehead atoms. The van der Waals surface area contributed by atoms with Crippen LogP contribution in [0.2, 0.25) is 0 Å². The Morgan fingerprint density at radius 3 is 2.84 bits per heavy atom. The SMILES string of the molecule is C=CCn1c(SC(C)C(=O)Nc2ccccc2)nc2sc3c(c2c1=O)CC(C)(C)SC3. The number of nitrogens with zero attached hydrogens (tertiary/aromatic N) is 2. The third kappa shape index (κ3) is 4.61. The molecule has 2 aromatic heterocycles. The fourth-order valence-electron chi connectivity index (χ4n) is 3.56. The summed E-state index contributed by atoms with van der Waals surface area (Å²) in [6, 6.07) is 9.36. The fourth-order valence-corrected chi connectivity index (χ4v) is 6.86. The van der Waals surface area contributed by atoms with E-state index in [1.54, 1.807) is 22.0 Å². The smallest absolute Gasteiger partial charge is 0.263 e. The van der Waals surface area contributed by atoms with E-state index in [-0.39, 0.29) is 16.2 Å². The van der Waals surface area contributed by atoms with Crippen molar-refractivity contribution >= 4 is 56.7 Å². The zero-order chi connectivity index (χ0) is 22.2. The number of rotatable bonds is 6. The van der Waals surface area contributed by atoms with Crippen molar-refractivity contribution in [3.05, 3.63) is 63.8 Å². The first kappa shape index (κ1) is 22.2. The van der Waals surface area contributed by atoms with Crippen LogP contribution in [0.1, 0.15) is 31.2 Å². The Balaban J connectivity index is 1.69. The van der Waals surface area contributed by atoms with Crippen LogP contribution in [0.5, 0.6) is 0 Å². The summed E-state index contributed by atoms with van der Waals surface area (Å²) >= 11 is 4.83. The first-order valence-corrected chi connectivity index (χ1v) is 12.8. The molecule has 1 aliphatic rings. The average Bonchev–Trinajstić information content (AvgIpc) is 3.08. The van der Waals surface area contributed by atoms with Crippen molar-refractivity contribution in [1.29, 1.82) is 0 Å². The molecule has 1 atom stereocenters. The first-order chi connectivity index (χ1) is 14.8. The number of thiophene rings is 1. The Bertz CT molecular complexity index is 1200. The predicted octanol–water partition coefficient (Wildman–Crippen LogP) is 5.33. The summed E-state index contributed by atoms with van der Waals surface area (Å²) in [5, 5.41) is 3.80. The number of hydrogen-bond acceptors (Lipinski definition) is 6. The maximum Gasteiger partial charge on any atom is 0.263 e. The molecule has 162 valence electrons. The number of nitrogens with one attached hydrogen (secondary N) is 1. The van der Waals surface area contributed by atoms with Gasteiger partial charge in [0.25, 0.3) is 5.56 Å². The van der Waals surface area contributed by atoms with Gasteiger partial charge in [0, 0.05) is 27.6 Å². The van der Waals surface area contributed by atoms with E-state index < -0.39 is 5.25 Å². The Labute approximate surface area is 194 Å². The summed E-state index contributed by atoms with van der Waals surface area (Å²) in [6.45, 7) is 10.4. The Morgan fingerprint density at radius 1 is 1.39 bits per heavy atom. The molecule has 4 rings (SSSR count). The van der Waals surface area contributed by atoms with E-state index in [0.29, 0.717) is 11.7 Å². The maximum absolute atomic E-state index is 13.5. The number of thioether (sulfide) groups is 2. The van der Waals surface area contributed by atoms with E-state index in [1.165, 1.54) is 16.6 Å². The van der Waals surface area contributed by atoms with Gasteiger partial charge in [0.2, 0.25) is 5.91 Å². The van der Waals surface area contributed by atoms with Crippen LogP contribution < -0.4 is 10.9 Å². The van der Waals surface area contributed by atoms with Gasteiger partial charge < -0.3 is 5.32 Å². The Kier molecular flexibility index (Phi) is 6.32. The highest BCUT2D eigenvalue weighted by Gasteiger charge is 2.31. The molecular formula is C23H25N3O2S3. The van der Waals surface area contributed by atoms with Crippen molar-refractivity contribution in [3.8, 4) is 0 Å². The fraction of sp³-hybridized carbons (Fsp3) is 0.348. The van der Waals surface area contributed by atoms with Gasteiger partial charge in [-0.15, -0.1) is 29.7 Å². The van der Waals surface area contributed by atoms with E-state index >= 15 is 0 Å². The summed E-state index contributed by atoms with van der Waals surface area (Å²) in [4.78, 5) is 33.0. The van der Waals surface area contributed by atoms with Crippen LogP contribution in [-0.2, 0) is 23.5 Å². The molecule has 0 radical (unpaired) electrons. The molecule has 1 unspecified atom stereocenters. The second-order valence-corrected chi connectivity index (χ2v) is 12.2. The van der Waals surface area contributed by atoms with Gasteiger partial charge in [0.1, 0.15) is 4.83 Å². The van der Waals surface area contributed by atoms with Crippen molar-refractivity contribution in [2.24, 2.45) is 0 Å². The molecular weight excluding hydrogens is 446 g/mol. The number of aromatic nitrogens is 2. The number of fused-ring (bicyclic) bond motifs is 3. The Hall–Kier alpha value is -2.03. The van der Waals surface area contributed by atoms with E-state index in [4.69, 9.17) is 4.98 Å². The molecule has 0 aliphatic carbocycles. The van der Waals surface area contributed by atoms with E-state index in [2.05, 4.69) is 25.7 Å². The van der Waals surface area contributed by atoms with Crippen LogP contribution in [0.3, 0.4) is 0 Å². The zero-order valence-corrected chi connectivity index (χ0v) is 20.3. The van der Waals surface area contributed by atoms with Crippen LogP contribution >= 0.6 is 34.9 Å². The average molecular weight is 472 g/mol. The third-order valence-electron chi connectivity index (χ3n) is 5.16. The van der Waals surface area contributed by atoms with Gasteiger partial charge >= 0.3 is 0 Å². The standard InChI is InChI=1S/C23H25N3O2S3/c1-5-11-26-21(28)18-16-12-23(3,4)29-13-17(16)31-20(18)25-22(26)30-14(2)19(27)24-15-9-7-6-8-10-15/h5-10,14H,1,11-13H2,2-4H3,(H,24,27).